The van der Waals surface area contributed by atoms with Crippen LogP contribution in [-0.2, 0) is 14.4 Å². The highest BCUT2D eigenvalue weighted by Crippen LogP contribution is 2.42. The van der Waals surface area contributed by atoms with E-state index in [0.29, 0.717) is 90.9 Å². The van der Waals surface area contributed by atoms with Crippen LogP contribution in [0.4, 0.5) is 45.1 Å². The fourth-order valence-electron chi connectivity index (χ4n) is 16.8. The number of pyridine rings is 5. The number of carbonyl (C=O) groups is 3. The van der Waals surface area contributed by atoms with Crippen molar-refractivity contribution < 1.29 is 36.3 Å². The molecule has 638 valence electrons. The zero-order chi connectivity index (χ0) is 89.5. The summed E-state index contributed by atoms with van der Waals surface area (Å²) in [6, 6.07) is 30.0. The number of aromatic nitrogens is 11. The van der Waals surface area contributed by atoms with Gasteiger partial charge >= 0.3 is 17.1 Å². The Bertz CT molecular complexity index is 6500. The lowest BCUT2D eigenvalue weighted by molar-refractivity contribution is -0.128. The third kappa shape index (κ3) is 16.7. The molecule has 25 nitrogen and oxygen atoms in total. The summed E-state index contributed by atoms with van der Waals surface area (Å²) in [6.45, 7) is 38.6. The summed E-state index contributed by atoms with van der Waals surface area (Å²) in [5.74, 6) is -3.33. The minimum atomic E-state index is -0.819. The van der Waals surface area contributed by atoms with Gasteiger partial charge in [0.2, 0.25) is 17.7 Å². The quantitative estimate of drug-likeness (QED) is 0.0566. The van der Waals surface area contributed by atoms with E-state index in [9.17, 15) is 38.4 Å². The first-order valence-corrected chi connectivity index (χ1v) is 41.0. The van der Waals surface area contributed by atoms with Gasteiger partial charge in [-0.1, -0.05) is 115 Å². The molecule has 3 aliphatic heterocycles. The predicted molar refractivity (Wildman–Crippen MR) is 473 cm³/mol. The van der Waals surface area contributed by atoms with E-state index in [1.54, 1.807) is 51.4 Å². The van der Waals surface area contributed by atoms with Crippen molar-refractivity contribution in [3.8, 4) is 56.9 Å². The lowest BCUT2D eigenvalue weighted by atomic mass is 10.0. The molecule has 15 rings (SSSR count). The van der Waals surface area contributed by atoms with Crippen LogP contribution in [0.1, 0.15) is 128 Å². The number of hydrogen-bond acceptors (Lipinski definition) is 19. The second-order valence-corrected chi connectivity index (χ2v) is 32.5. The molecule has 4 aromatic carbocycles. The molecule has 3 amide bonds. The zero-order valence-corrected chi connectivity index (χ0v) is 71.6. The molecule has 3 aliphatic rings. The van der Waals surface area contributed by atoms with E-state index in [2.05, 4.69) is 54.6 Å². The van der Waals surface area contributed by atoms with Gasteiger partial charge in [0, 0.05) is 99.7 Å². The van der Waals surface area contributed by atoms with Gasteiger partial charge in [-0.15, -0.1) is 0 Å². The van der Waals surface area contributed by atoms with E-state index in [0.717, 1.165) is 16.7 Å². The molecule has 0 saturated carbocycles. The van der Waals surface area contributed by atoms with E-state index in [4.69, 9.17) is 22.3 Å². The van der Waals surface area contributed by atoms with Crippen LogP contribution in [0.15, 0.2) is 180 Å². The van der Waals surface area contributed by atoms with Crippen LogP contribution in [0.3, 0.4) is 0 Å². The van der Waals surface area contributed by atoms with Gasteiger partial charge in [0.25, 0.3) is 0 Å². The number of nitrogens with two attached hydrogens (primary N) is 1. The van der Waals surface area contributed by atoms with Gasteiger partial charge in [-0.2, -0.15) is 20.2 Å². The number of fused-ring (bicyclic) bond motifs is 3. The number of nitriles is 1. The molecular weight excluding hydrogens is 1610 g/mol. The highest BCUT2D eigenvalue weighted by atomic mass is 35.5. The molecule has 124 heavy (non-hydrogen) atoms. The molecule has 3 fully saturated rings. The second-order valence-electron chi connectivity index (χ2n) is 32.1. The van der Waals surface area contributed by atoms with Gasteiger partial charge < -0.3 is 35.1 Å². The van der Waals surface area contributed by atoms with Gasteiger partial charge in [-0.25, -0.2) is 65.0 Å². The van der Waals surface area contributed by atoms with Crippen LogP contribution in [0.5, 0.6) is 0 Å². The maximum Gasteiger partial charge on any atom is 0.355 e. The van der Waals surface area contributed by atoms with E-state index in [1.807, 2.05) is 135 Å². The molecule has 0 spiro atoms. The summed E-state index contributed by atoms with van der Waals surface area (Å²) in [5, 5.41) is 10.9. The van der Waals surface area contributed by atoms with E-state index >= 15 is 17.6 Å². The summed E-state index contributed by atoms with van der Waals surface area (Å²) in [5.41, 5.74) is 9.33. The topological polar surface area (TPSA) is 290 Å². The molecule has 11 heterocycles. The number of anilines is 4. The minimum Gasteiger partial charge on any atom is -0.398 e. The number of amides is 3. The van der Waals surface area contributed by atoms with Crippen molar-refractivity contribution in [3.05, 3.63) is 265 Å². The fourth-order valence-corrected chi connectivity index (χ4v) is 17.1. The molecule has 0 unspecified atom stereocenters. The number of rotatable bonds is 15. The summed E-state index contributed by atoms with van der Waals surface area (Å²) in [4.78, 5) is 126. The Balaban J connectivity index is 0.000000160. The summed E-state index contributed by atoms with van der Waals surface area (Å²) in [6.07, 6.45) is 7.16. The first-order chi connectivity index (χ1) is 59.1. The molecule has 12 aromatic rings. The predicted octanol–water partition coefficient (Wildman–Crippen LogP) is 15.4. The first-order valence-electron chi connectivity index (χ1n) is 40.6. The molecule has 2 N–H and O–H groups in total. The Labute approximate surface area is 717 Å². The lowest BCUT2D eigenvalue weighted by Gasteiger charge is -2.45. The SMILES string of the molecule is C=CC(=O)N1CCN(c2nc(=O)n(-c3ccccc3C(C)C)c3nc(-c4c(F)cccc4C#N)c(Cl)cc23)[C@@H](C)C1.C=CC(=O)N1C[C@H](C)N(c2nc(=O)n(-c3c(C)ccnc3C(C)C)c3nc(-c4c(N)cccc4F)c(F)cc23)[C@@H](C)C1.C=CC(=O)N1C[C@H](C)N(c2nc(=O)n(-c3c(C)ccnc3C(C)C)c3nc(-c4ccccc4F)c(F)cc23)[C@@H](C)C1. The molecule has 5 atom stereocenters. The van der Waals surface area contributed by atoms with E-state index in [-0.39, 0.29) is 150 Å². The first kappa shape index (κ1) is 88.1. The number of nitrogen functional groups attached to an aromatic ring is 1. The molecule has 0 aliphatic carbocycles. The van der Waals surface area contributed by atoms with Crippen molar-refractivity contribution in [2.75, 3.05) is 66.2 Å². The molecule has 8 aromatic heterocycles. The Morgan fingerprint density at radius 3 is 1.40 bits per heavy atom. The van der Waals surface area contributed by atoms with Crippen LogP contribution in [0, 0.1) is 54.3 Å². The van der Waals surface area contributed by atoms with Crippen LogP contribution in [0.25, 0.3) is 83.9 Å². The van der Waals surface area contributed by atoms with Crippen molar-refractivity contribution >= 4 is 85.6 Å². The highest BCUT2D eigenvalue weighted by Gasteiger charge is 2.39. The van der Waals surface area contributed by atoms with Gasteiger partial charge in [-0.3, -0.25) is 24.4 Å². The van der Waals surface area contributed by atoms with Gasteiger partial charge in [0.1, 0.15) is 52.1 Å². The van der Waals surface area contributed by atoms with Gasteiger partial charge in [0.05, 0.1) is 78.1 Å². The summed E-state index contributed by atoms with van der Waals surface area (Å²) < 4.78 is 80.9. The number of aryl methyl sites for hydroxylation is 2. The summed E-state index contributed by atoms with van der Waals surface area (Å²) in [7, 11) is 0. The van der Waals surface area contributed by atoms with Crippen molar-refractivity contribution in [2.45, 2.75) is 138 Å². The molecular formula is C93H93ClF5N19O6. The Morgan fingerprint density at radius 2 is 0.911 bits per heavy atom. The van der Waals surface area contributed by atoms with Crippen molar-refractivity contribution in [2.24, 2.45) is 0 Å². The largest absolute Gasteiger partial charge is 0.398 e. The van der Waals surface area contributed by atoms with Crippen LogP contribution < -0.4 is 37.5 Å². The van der Waals surface area contributed by atoms with Crippen molar-refractivity contribution in [3.63, 3.8) is 0 Å². The zero-order valence-electron chi connectivity index (χ0n) is 70.9. The number of halogens is 6. The average Bonchev–Trinajstić information content (AvgIpc) is 0.738. The third-order valence-corrected chi connectivity index (χ3v) is 22.8. The number of nitrogens with zero attached hydrogens (tertiary/aromatic N) is 18. The molecule has 0 bridgehead atoms. The molecule has 31 heteroatoms. The van der Waals surface area contributed by atoms with Gasteiger partial charge in [-0.05, 0) is 174 Å². The van der Waals surface area contributed by atoms with Crippen LogP contribution in [-0.4, -0.2) is 162 Å². The third-order valence-electron chi connectivity index (χ3n) is 22.5. The molecule has 0 radical (unpaired) electrons. The van der Waals surface area contributed by atoms with Crippen molar-refractivity contribution in [1.82, 2.24) is 68.3 Å². The number of piperazine rings is 3. The molecule has 3 saturated heterocycles. The second kappa shape index (κ2) is 36.2. The average molecular weight is 1700 g/mol. The number of para-hydroxylation sites is 1. The number of hydrogen-bond donors (Lipinski definition) is 1. The lowest BCUT2D eigenvalue weighted by Crippen LogP contribution is -2.58. The van der Waals surface area contributed by atoms with E-state index < -0.39 is 46.2 Å². The van der Waals surface area contributed by atoms with Crippen molar-refractivity contribution in [1.29, 1.82) is 5.26 Å². The standard InChI is InChI=1S/C31H28ClFN6O2.C31H33F2N7O2.C31H32F2N6O2/c1-5-26(40)37-13-14-38(19(4)17-37)29-22-15-23(32)28(27-20(16-34)9-8-11-24(27)33)35-30(22)39(31(41)36-29)25-12-7-6-10-21(25)18(2)3;1-7-24(41)38-14-18(5)39(19(6)15-38)30-20-13-22(33)27(25-21(32)9-8-10-23(25)34)36-29(20)40(31(42)37-30)28-17(4)11-12-35-26(28)16(2)3;1-7-25(40)37-15-19(5)38(20(6)16-37)30-22-14-24(33)27(21-10-8-9-11-23(21)32)35-29(22)39(31(41)36-30)28-18(4)12-13-34-26(28)17(2)3/h5-12,15,18-19H,1,13-14,17H2,2-4H3;7-13,16,18-19H,1,14-15,34H2,2-6H3;7-14,17,19-20H,1,15-16H2,2-6H3/t19-;18-,19-;19-,20-/m000/s1. The van der Waals surface area contributed by atoms with Crippen LogP contribution in [0.2, 0.25) is 5.02 Å². The Kier molecular flexibility index (Phi) is 25.7. The number of carbonyl (C=O) groups excluding carboxylic acids is 3. The summed E-state index contributed by atoms with van der Waals surface area (Å²) >= 11 is 6.75. The van der Waals surface area contributed by atoms with Gasteiger partial charge in [0.15, 0.2) is 22.8 Å². The highest BCUT2D eigenvalue weighted by molar-refractivity contribution is 6.34. The minimum absolute atomic E-state index is 0.00889. The maximum atomic E-state index is 15.9. The van der Waals surface area contributed by atoms with Crippen LogP contribution >= 0.6 is 11.6 Å². The Morgan fingerprint density at radius 1 is 0.484 bits per heavy atom. The monoisotopic (exact) mass is 1700 g/mol. The number of benzene rings is 4. The van der Waals surface area contributed by atoms with E-state index in [1.165, 1.54) is 98.7 Å². The smallest absolute Gasteiger partial charge is 0.355 e. The fraction of sp³-hybridized carbons (Fsp3) is 0.301. The Hall–Kier alpha value is -13.7. The maximum absolute atomic E-state index is 15.9. The normalized spacial score (nSPS) is 16.6.